The van der Waals surface area contributed by atoms with Crippen LogP contribution in [-0.2, 0) is 0 Å². The van der Waals surface area contributed by atoms with E-state index >= 15 is 0 Å². The minimum Gasteiger partial charge on any atom is -0.477 e. The molecule has 0 aliphatic rings. The SMILES string of the molecule is [N-]=[N+]=NCCC(O)C(O)c1ccc2[nH]c(C(=O)O)cc2c1. The number of nitrogens with zero attached hydrogens (tertiary/aromatic N) is 3. The summed E-state index contributed by atoms with van der Waals surface area (Å²) in [6, 6.07) is 6.31. The van der Waals surface area contributed by atoms with Crippen molar-refractivity contribution in [3.63, 3.8) is 0 Å². The number of aliphatic hydroxyl groups excluding tert-OH is 2. The first-order valence-electron chi connectivity index (χ1n) is 6.26. The van der Waals surface area contributed by atoms with Crippen molar-refractivity contribution >= 4 is 16.9 Å². The van der Waals surface area contributed by atoms with Crippen LogP contribution in [0.15, 0.2) is 29.4 Å². The highest BCUT2D eigenvalue weighted by Gasteiger charge is 2.18. The molecule has 0 saturated heterocycles. The first kappa shape index (κ1) is 14.9. The van der Waals surface area contributed by atoms with E-state index in [0.29, 0.717) is 16.5 Å². The summed E-state index contributed by atoms with van der Waals surface area (Å²) in [5, 5.41) is 32.7. The van der Waals surface area contributed by atoms with Crippen LogP contribution in [0, 0.1) is 0 Å². The van der Waals surface area contributed by atoms with Crippen molar-refractivity contribution < 1.29 is 20.1 Å². The lowest BCUT2D eigenvalue weighted by atomic mass is 10.0. The van der Waals surface area contributed by atoms with E-state index in [-0.39, 0.29) is 18.7 Å². The van der Waals surface area contributed by atoms with Crippen LogP contribution in [-0.4, -0.2) is 38.9 Å². The molecule has 0 aliphatic heterocycles. The lowest BCUT2D eigenvalue weighted by molar-refractivity contribution is 0.0151. The zero-order valence-corrected chi connectivity index (χ0v) is 11.0. The second-order valence-electron chi connectivity index (χ2n) is 4.59. The highest BCUT2D eigenvalue weighted by Crippen LogP contribution is 2.24. The number of aliphatic hydroxyl groups is 2. The lowest BCUT2D eigenvalue weighted by Gasteiger charge is -2.17. The van der Waals surface area contributed by atoms with Crippen LogP contribution in [0.3, 0.4) is 0 Å². The van der Waals surface area contributed by atoms with Crippen LogP contribution in [0.5, 0.6) is 0 Å². The Balaban J connectivity index is 2.21. The standard InChI is InChI=1S/C13H14N4O4/c14-17-15-4-3-11(18)12(19)7-1-2-9-8(5-7)6-10(16-9)13(20)21/h1-2,5-6,11-12,16,18-19H,3-4H2,(H,20,21). The predicted molar refractivity (Wildman–Crippen MR) is 74.9 cm³/mol. The molecular formula is C13H14N4O4. The molecule has 2 rings (SSSR count). The number of aromatic amines is 1. The van der Waals surface area contributed by atoms with Gasteiger partial charge in [-0.3, -0.25) is 0 Å². The third kappa shape index (κ3) is 3.32. The molecule has 8 heteroatoms. The van der Waals surface area contributed by atoms with E-state index in [9.17, 15) is 15.0 Å². The number of azide groups is 1. The number of hydrogen-bond acceptors (Lipinski definition) is 4. The summed E-state index contributed by atoms with van der Waals surface area (Å²) in [4.78, 5) is 16.2. The molecule has 4 N–H and O–H groups in total. The maximum absolute atomic E-state index is 10.9. The third-order valence-electron chi connectivity index (χ3n) is 3.17. The molecule has 0 spiro atoms. The van der Waals surface area contributed by atoms with E-state index < -0.39 is 18.2 Å². The molecular weight excluding hydrogens is 276 g/mol. The molecule has 8 nitrogen and oxygen atoms in total. The summed E-state index contributed by atoms with van der Waals surface area (Å²) < 4.78 is 0. The maximum Gasteiger partial charge on any atom is 0.352 e. The Morgan fingerprint density at radius 3 is 2.81 bits per heavy atom. The minimum absolute atomic E-state index is 0.0561. The van der Waals surface area contributed by atoms with Gasteiger partial charge in [-0.1, -0.05) is 11.2 Å². The van der Waals surface area contributed by atoms with Gasteiger partial charge >= 0.3 is 5.97 Å². The average molecular weight is 290 g/mol. The fourth-order valence-corrected chi connectivity index (χ4v) is 2.07. The molecule has 0 radical (unpaired) electrons. The Hall–Kier alpha value is -2.54. The topological polar surface area (TPSA) is 142 Å². The van der Waals surface area contributed by atoms with Crippen molar-refractivity contribution in [2.45, 2.75) is 18.6 Å². The normalized spacial score (nSPS) is 13.6. The van der Waals surface area contributed by atoms with Crippen molar-refractivity contribution in [3.05, 3.63) is 46.0 Å². The van der Waals surface area contributed by atoms with E-state index in [2.05, 4.69) is 15.0 Å². The highest BCUT2D eigenvalue weighted by atomic mass is 16.4. The van der Waals surface area contributed by atoms with E-state index in [0.717, 1.165) is 0 Å². The monoisotopic (exact) mass is 290 g/mol. The van der Waals surface area contributed by atoms with Gasteiger partial charge in [0.15, 0.2) is 0 Å². The lowest BCUT2D eigenvalue weighted by Crippen LogP contribution is -2.19. The number of aromatic carboxylic acids is 1. The highest BCUT2D eigenvalue weighted by molar-refractivity contribution is 5.93. The average Bonchev–Trinajstić information content (AvgIpc) is 2.89. The number of H-pyrrole nitrogens is 1. The molecule has 2 unspecified atom stereocenters. The number of benzene rings is 1. The number of carboxylic acids is 1. The summed E-state index contributed by atoms with van der Waals surface area (Å²) >= 11 is 0. The number of carbonyl (C=O) groups is 1. The Morgan fingerprint density at radius 1 is 1.38 bits per heavy atom. The molecule has 0 aliphatic carbocycles. The van der Waals surface area contributed by atoms with Gasteiger partial charge in [0, 0.05) is 22.4 Å². The van der Waals surface area contributed by atoms with Gasteiger partial charge in [0.1, 0.15) is 11.8 Å². The van der Waals surface area contributed by atoms with Crippen LogP contribution in [0.2, 0.25) is 0 Å². The first-order valence-corrected chi connectivity index (χ1v) is 6.26. The number of hydrogen-bond donors (Lipinski definition) is 4. The smallest absolute Gasteiger partial charge is 0.352 e. The third-order valence-corrected chi connectivity index (χ3v) is 3.17. The number of aromatic nitrogens is 1. The van der Waals surface area contributed by atoms with Crippen LogP contribution in [0.1, 0.15) is 28.6 Å². The van der Waals surface area contributed by atoms with Crippen LogP contribution in [0.4, 0.5) is 0 Å². The van der Waals surface area contributed by atoms with Crippen LogP contribution in [0.25, 0.3) is 21.3 Å². The van der Waals surface area contributed by atoms with E-state index in [1.165, 1.54) is 6.07 Å². The largest absolute Gasteiger partial charge is 0.477 e. The molecule has 0 bridgehead atoms. The number of fused-ring (bicyclic) bond motifs is 1. The molecule has 2 aromatic rings. The van der Waals surface area contributed by atoms with Gasteiger partial charge in [0.2, 0.25) is 0 Å². The molecule has 110 valence electrons. The molecule has 1 aromatic carbocycles. The van der Waals surface area contributed by atoms with Crippen molar-refractivity contribution in [1.82, 2.24) is 4.98 Å². The fraction of sp³-hybridized carbons (Fsp3) is 0.308. The summed E-state index contributed by atoms with van der Waals surface area (Å²) in [5.74, 6) is -1.07. The van der Waals surface area contributed by atoms with E-state index in [4.69, 9.17) is 10.6 Å². The van der Waals surface area contributed by atoms with Crippen molar-refractivity contribution in [1.29, 1.82) is 0 Å². The van der Waals surface area contributed by atoms with Gasteiger partial charge in [-0.2, -0.15) is 0 Å². The first-order chi connectivity index (χ1) is 10.0. The zero-order valence-electron chi connectivity index (χ0n) is 11.0. The van der Waals surface area contributed by atoms with Crippen LogP contribution < -0.4 is 0 Å². The number of carboxylic acid groups (broad SMARTS) is 1. The van der Waals surface area contributed by atoms with E-state index in [1.54, 1.807) is 18.2 Å². The van der Waals surface area contributed by atoms with Gasteiger partial charge in [-0.05, 0) is 35.7 Å². The Kier molecular flexibility index (Phi) is 4.44. The Morgan fingerprint density at radius 2 is 2.14 bits per heavy atom. The zero-order chi connectivity index (χ0) is 15.4. The maximum atomic E-state index is 10.9. The van der Waals surface area contributed by atoms with Gasteiger partial charge in [0.25, 0.3) is 0 Å². The fourth-order valence-electron chi connectivity index (χ4n) is 2.07. The molecule has 2 atom stereocenters. The summed E-state index contributed by atoms with van der Waals surface area (Å²) in [6.07, 6.45) is -2.06. The van der Waals surface area contributed by atoms with Crippen molar-refractivity contribution in [3.8, 4) is 0 Å². The number of nitrogens with one attached hydrogen (secondary N) is 1. The predicted octanol–water partition coefficient (Wildman–Crippen LogP) is 1.96. The molecule has 1 aromatic heterocycles. The molecule has 0 fully saturated rings. The summed E-state index contributed by atoms with van der Waals surface area (Å²) in [5.41, 5.74) is 9.32. The Labute approximate surface area is 119 Å². The quantitative estimate of drug-likeness (QED) is 0.366. The molecule has 0 amide bonds. The van der Waals surface area contributed by atoms with Gasteiger partial charge in [-0.25, -0.2) is 4.79 Å². The van der Waals surface area contributed by atoms with Crippen molar-refractivity contribution in [2.75, 3.05) is 6.54 Å². The summed E-state index contributed by atoms with van der Waals surface area (Å²) in [7, 11) is 0. The molecule has 21 heavy (non-hydrogen) atoms. The second-order valence-corrected chi connectivity index (χ2v) is 4.59. The summed E-state index contributed by atoms with van der Waals surface area (Å²) in [6.45, 7) is 0.0876. The molecule has 0 saturated carbocycles. The van der Waals surface area contributed by atoms with Crippen LogP contribution >= 0.6 is 0 Å². The van der Waals surface area contributed by atoms with Gasteiger partial charge in [0.05, 0.1) is 6.10 Å². The molecule has 1 heterocycles. The van der Waals surface area contributed by atoms with Gasteiger partial charge < -0.3 is 20.3 Å². The number of rotatable bonds is 6. The minimum atomic E-state index is -1.13. The van der Waals surface area contributed by atoms with Crippen molar-refractivity contribution in [2.24, 2.45) is 5.11 Å². The second kappa shape index (κ2) is 6.27. The Bertz CT molecular complexity index is 705. The van der Waals surface area contributed by atoms with Gasteiger partial charge in [-0.15, -0.1) is 0 Å². The van der Waals surface area contributed by atoms with E-state index in [1.807, 2.05) is 0 Å².